The fraction of sp³-hybridized carbons (Fsp3) is 0.150. The lowest BCUT2D eigenvalue weighted by Crippen LogP contribution is -2.29. The third-order valence-electron chi connectivity index (χ3n) is 5.03. The quantitative estimate of drug-likeness (QED) is 0.468. The van der Waals surface area contributed by atoms with Crippen LogP contribution in [0, 0.1) is 20.2 Å². The van der Waals surface area contributed by atoms with Crippen molar-refractivity contribution in [2.24, 2.45) is 0 Å². The van der Waals surface area contributed by atoms with Crippen LogP contribution in [0.3, 0.4) is 0 Å². The lowest BCUT2D eigenvalue weighted by Gasteiger charge is -2.29. The van der Waals surface area contributed by atoms with E-state index in [1.807, 2.05) is 30.3 Å². The van der Waals surface area contributed by atoms with Gasteiger partial charge in [-0.2, -0.15) is 4.68 Å². The van der Waals surface area contributed by atoms with Crippen molar-refractivity contribution in [1.29, 1.82) is 0 Å². The van der Waals surface area contributed by atoms with Gasteiger partial charge >= 0.3 is 5.95 Å². The SMILES string of the molecule is O=C1C=C(c2ccccc2)C[C@H](c2cccc([N+](=O)[O-])c2)[C@H]1n1cnc([N+](=O)[O-])n1. The predicted molar refractivity (Wildman–Crippen MR) is 106 cm³/mol. The molecule has 3 aromatic rings. The Morgan fingerprint density at radius 2 is 1.77 bits per heavy atom. The van der Waals surface area contributed by atoms with Crippen molar-refractivity contribution >= 4 is 23.0 Å². The van der Waals surface area contributed by atoms with Crippen molar-refractivity contribution in [3.05, 3.63) is 98.4 Å². The van der Waals surface area contributed by atoms with Crippen LogP contribution in [0.4, 0.5) is 11.6 Å². The number of ketones is 1. The molecule has 0 bridgehead atoms. The average Bonchev–Trinajstić information content (AvgIpc) is 3.24. The van der Waals surface area contributed by atoms with Crippen molar-refractivity contribution < 1.29 is 14.6 Å². The van der Waals surface area contributed by atoms with Gasteiger partial charge in [-0.05, 0) is 34.1 Å². The third-order valence-corrected chi connectivity index (χ3v) is 5.03. The van der Waals surface area contributed by atoms with E-state index in [0.29, 0.717) is 12.0 Å². The van der Waals surface area contributed by atoms with E-state index in [9.17, 15) is 25.0 Å². The van der Waals surface area contributed by atoms with Crippen molar-refractivity contribution in [1.82, 2.24) is 14.8 Å². The molecule has 0 saturated heterocycles. The molecule has 0 N–H and O–H groups in total. The number of nitrogens with zero attached hydrogens (tertiary/aromatic N) is 5. The van der Waals surface area contributed by atoms with Crippen LogP contribution in [0.1, 0.15) is 29.5 Å². The van der Waals surface area contributed by atoms with Crippen LogP contribution in [-0.2, 0) is 4.79 Å². The Morgan fingerprint density at radius 3 is 2.43 bits per heavy atom. The van der Waals surface area contributed by atoms with Gasteiger partial charge in [0, 0.05) is 23.1 Å². The van der Waals surface area contributed by atoms with Crippen LogP contribution in [0.2, 0.25) is 0 Å². The van der Waals surface area contributed by atoms with Crippen LogP contribution < -0.4 is 0 Å². The van der Waals surface area contributed by atoms with E-state index < -0.39 is 27.8 Å². The lowest BCUT2D eigenvalue weighted by molar-refractivity contribution is -0.394. The molecule has 30 heavy (non-hydrogen) atoms. The van der Waals surface area contributed by atoms with Gasteiger partial charge in [-0.15, -0.1) is 0 Å². The molecule has 10 nitrogen and oxygen atoms in total. The second kappa shape index (κ2) is 7.66. The van der Waals surface area contributed by atoms with Gasteiger partial charge in [-0.25, -0.2) is 0 Å². The fourth-order valence-electron chi connectivity index (χ4n) is 3.68. The number of nitro groups is 2. The molecule has 1 heterocycles. The van der Waals surface area contributed by atoms with Crippen LogP contribution in [0.25, 0.3) is 5.57 Å². The van der Waals surface area contributed by atoms with E-state index in [1.165, 1.54) is 22.9 Å². The third kappa shape index (κ3) is 3.58. The normalized spacial score (nSPS) is 18.7. The van der Waals surface area contributed by atoms with Gasteiger partial charge in [0.05, 0.1) is 4.92 Å². The molecule has 10 heteroatoms. The molecule has 0 amide bonds. The van der Waals surface area contributed by atoms with Crippen LogP contribution in [0.15, 0.2) is 67.0 Å². The predicted octanol–water partition coefficient (Wildman–Crippen LogP) is 3.48. The lowest BCUT2D eigenvalue weighted by atomic mass is 9.77. The fourth-order valence-corrected chi connectivity index (χ4v) is 3.68. The summed E-state index contributed by atoms with van der Waals surface area (Å²) in [6.07, 6.45) is 3.04. The Bertz CT molecular complexity index is 1170. The Balaban J connectivity index is 1.82. The molecule has 2 atom stereocenters. The summed E-state index contributed by atoms with van der Waals surface area (Å²) in [5.74, 6) is -1.44. The molecule has 2 aromatic carbocycles. The zero-order chi connectivity index (χ0) is 21.3. The number of hydrogen-bond donors (Lipinski definition) is 0. The van der Waals surface area contributed by atoms with Crippen LogP contribution >= 0.6 is 0 Å². The first kappa shape index (κ1) is 19.1. The van der Waals surface area contributed by atoms with E-state index in [4.69, 9.17) is 0 Å². The molecule has 1 aliphatic rings. The first-order chi connectivity index (χ1) is 14.4. The van der Waals surface area contributed by atoms with Gasteiger partial charge in [0.1, 0.15) is 6.04 Å². The molecule has 0 fully saturated rings. The molecule has 1 aliphatic carbocycles. The van der Waals surface area contributed by atoms with Crippen molar-refractivity contribution in [3.8, 4) is 0 Å². The summed E-state index contributed by atoms with van der Waals surface area (Å²) < 4.78 is 1.17. The summed E-state index contributed by atoms with van der Waals surface area (Å²) in [5.41, 5.74) is 2.12. The van der Waals surface area contributed by atoms with E-state index >= 15 is 0 Å². The van der Waals surface area contributed by atoms with Gasteiger partial charge in [-0.3, -0.25) is 14.9 Å². The standard InChI is InChI=1S/C20H15N5O5/c26-18-11-15(13-5-2-1-3-6-13)10-17(14-7-4-8-16(9-14)24(27)28)19(18)23-12-21-20(22-23)25(29)30/h1-9,11-12,17,19H,10H2/t17-,19-/m1/s1. The largest absolute Gasteiger partial charge is 0.490 e. The Labute approximate surface area is 169 Å². The van der Waals surface area contributed by atoms with Crippen molar-refractivity contribution in [3.63, 3.8) is 0 Å². The van der Waals surface area contributed by atoms with Gasteiger partial charge in [0.25, 0.3) is 5.69 Å². The highest BCUT2D eigenvalue weighted by Crippen LogP contribution is 2.42. The smallest absolute Gasteiger partial charge is 0.390 e. The minimum absolute atomic E-state index is 0.0981. The number of allylic oxidation sites excluding steroid dienone is 2. The number of nitro benzene ring substituents is 1. The second-order valence-electron chi connectivity index (χ2n) is 6.83. The number of benzene rings is 2. The summed E-state index contributed by atoms with van der Waals surface area (Å²) in [5, 5.41) is 26.1. The molecular formula is C20H15N5O5. The number of rotatable bonds is 5. The van der Waals surface area contributed by atoms with E-state index in [1.54, 1.807) is 12.1 Å². The summed E-state index contributed by atoms with van der Waals surface area (Å²) in [6.45, 7) is 0. The Morgan fingerprint density at radius 1 is 1.00 bits per heavy atom. The summed E-state index contributed by atoms with van der Waals surface area (Å²) in [4.78, 5) is 37.7. The number of aromatic nitrogens is 3. The summed E-state index contributed by atoms with van der Waals surface area (Å²) >= 11 is 0. The van der Waals surface area contributed by atoms with Gasteiger partial charge < -0.3 is 10.1 Å². The minimum atomic E-state index is -0.902. The zero-order valence-corrected chi connectivity index (χ0v) is 15.5. The highest BCUT2D eigenvalue weighted by molar-refractivity contribution is 6.02. The molecule has 150 valence electrons. The maximum atomic E-state index is 13.1. The van der Waals surface area contributed by atoms with E-state index in [-0.39, 0.29) is 11.5 Å². The van der Waals surface area contributed by atoms with Gasteiger partial charge in [-0.1, -0.05) is 47.4 Å². The van der Waals surface area contributed by atoms with Gasteiger partial charge in [0.2, 0.25) is 6.33 Å². The van der Waals surface area contributed by atoms with Crippen LogP contribution in [-0.4, -0.2) is 30.4 Å². The van der Waals surface area contributed by atoms with E-state index in [2.05, 4.69) is 10.1 Å². The number of hydrogen-bond acceptors (Lipinski definition) is 7. The monoisotopic (exact) mass is 405 g/mol. The number of carbonyl (C=O) groups is 1. The molecule has 1 aromatic heterocycles. The first-order valence-electron chi connectivity index (χ1n) is 9.04. The summed E-state index contributed by atoms with van der Waals surface area (Å²) in [7, 11) is 0. The van der Waals surface area contributed by atoms with E-state index in [0.717, 1.165) is 17.5 Å². The van der Waals surface area contributed by atoms with Crippen molar-refractivity contribution in [2.75, 3.05) is 0 Å². The topological polar surface area (TPSA) is 134 Å². The number of carbonyl (C=O) groups excluding carboxylic acids is 1. The average molecular weight is 405 g/mol. The maximum Gasteiger partial charge on any atom is 0.490 e. The minimum Gasteiger partial charge on any atom is -0.390 e. The Hall–Kier alpha value is -4.21. The number of non-ortho nitro benzene ring substituents is 1. The second-order valence-corrected chi connectivity index (χ2v) is 6.83. The summed E-state index contributed by atoms with van der Waals surface area (Å²) in [6, 6.07) is 14.5. The molecule has 0 aliphatic heterocycles. The molecule has 0 saturated carbocycles. The Kier molecular flexibility index (Phi) is 4.88. The highest BCUT2D eigenvalue weighted by atomic mass is 16.6. The molecule has 0 radical (unpaired) electrons. The first-order valence-corrected chi connectivity index (χ1v) is 9.04. The van der Waals surface area contributed by atoms with Crippen molar-refractivity contribution in [2.45, 2.75) is 18.4 Å². The van der Waals surface area contributed by atoms with Gasteiger partial charge in [0.15, 0.2) is 5.78 Å². The highest BCUT2D eigenvalue weighted by Gasteiger charge is 2.38. The maximum absolute atomic E-state index is 13.1. The zero-order valence-electron chi connectivity index (χ0n) is 15.5. The molecule has 0 spiro atoms. The molecule has 0 unspecified atom stereocenters. The molecular weight excluding hydrogens is 390 g/mol. The van der Waals surface area contributed by atoms with Crippen LogP contribution in [0.5, 0.6) is 0 Å². The molecule has 4 rings (SSSR count).